The van der Waals surface area contributed by atoms with E-state index in [-0.39, 0.29) is 11.2 Å². The van der Waals surface area contributed by atoms with Crippen molar-refractivity contribution in [3.8, 4) is 5.69 Å². The zero-order valence-electron chi connectivity index (χ0n) is 22.4. The van der Waals surface area contributed by atoms with E-state index in [1.165, 1.54) is 30.7 Å². The number of hydrogen-bond acceptors (Lipinski definition) is 3. The Morgan fingerprint density at radius 3 is 2.47 bits per heavy atom. The van der Waals surface area contributed by atoms with Gasteiger partial charge in [0.25, 0.3) is 0 Å². The summed E-state index contributed by atoms with van der Waals surface area (Å²) in [6.45, 7) is 10.7. The van der Waals surface area contributed by atoms with Gasteiger partial charge in [0.15, 0.2) is 5.43 Å². The van der Waals surface area contributed by atoms with E-state index in [0.717, 1.165) is 60.2 Å². The fraction of sp³-hybridized carbons (Fsp3) is 0.364. The van der Waals surface area contributed by atoms with E-state index in [1.54, 1.807) is 0 Å². The Labute approximate surface area is 223 Å². The summed E-state index contributed by atoms with van der Waals surface area (Å²) in [5.41, 5.74) is 5.62. The maximum Gasteiger partial charge on any atom is 0.198 e. The molecule has 7 rings (SSSR count). The zero-order valence-corrected chi connectivity index (χ0v) is 22.4. The molecule has 4 nitrogen and oxygen atoms in total. The largest absolute Gasteiger partial charge is 0.385 e. The molecular formula is C33H36FN3O. The SMILES string of the molecule is C=C(NCC1CC1)c1cn2c3c(c(N4CCCCC4)c(F)cc3c1=O)Cc1cc3ccccc3cc1-2.CC. The number of rotatable bonds is 5. The van der Waals surface area contributed by atoms with Crippen molar-refractivity contribution in [2.75, 3.05) is 24.5 Å². The van der Waals surface area contributed by atoms with Crippen molar-refractivity contribution >= 4 is 33.1 Å². The second kappa shape index (κ2) is 9.94. The molecule has 3 heterocycles. The number of benzene rings is 3. The number of halogens is 1. The van der Waals surface area contributed by atoms with Crippen molar-refractivity contribution in [2.24, 2.45) is 5.92 Å². The van der Waals surface area contributed by atoms with Crippen LogP contribution in [0.3, 0.4) is 0 Å². The lowest BCUT2D eigenvalue weighted by molar-refractivity contribution is 0.555. The molecule has 196 valence electrons. The molecule has 3 aromatic carbocycles. The lowest BCUT2D eigenvalue weighted by Crippen LogP contribution is -2.32. The molecule has 1 saturated heterocycles. The Hall–Kier alpha value is -3.60. The maximum atomic E-state index is 15.9. The van der Waals surface area contributed by atoms with Crippen LogP contribution in [0.1, 0.15) is 62.6 Å². The number of piperidine rings is 1. The van der Waals surface area contributed by atoms with Gasteiger partial charge in [0, 0.05) is 49.2 Å². The van der Waals surface area contributed by atoms with Gasteiger partial charge in [-0.3, -0.25) is 4.79 Å². The van der Waals surface area contributed by atoms with Crippen LogP contribution in [0.15, 0.2) is 60.0 Å². The summed E-state index contributed by atoms with van der Waals surface area (Å²) in [5.74, 6) is 0.368. The topological polar surface area (TPSA) is 37.3 Å². The molecule has 1 saturated carbocycles. The molecule has 4 aromatic rings. The first-order valence-corrected chi connectivity index (χ1v) is 14.2. The number of fused-ring (bicyclic) bond motifs is 3. The van der Waals surface area contributed by atoms with Crippen molar-refractivity contribution in [3.63, 3.8) is 0 Å². The normalized spacial score (nSPS) is 16.1. The minimum absolute atomic E-state index is 0.149. The van der Waals surface area contributed by atoms with Crippen molar-refractivity contribution in [3.05, 3.63) is 88.0 Å². The van der Waals surface area contributed by atoms with Crippen LogP contribution in [0.4, 0.5) is 10.1 Å². The Balaban J connectivity index is 0.00000129. The molecule has 2 aliphatic heterocycles. The lowest BCUT2D eigenvalue weighted by Gasteiger charge is -2.34. The number of nitrogens with zero attached hydrogens (tertiary/aromatic N) is 2. The summed E-state index contributed by atoms with van der Waals surface area (Å²) in [6.07, 6.45) is 8.29. The average Bonchev–Trinajstić information content (AvgIpc) is 3.78. The van der Waals surface area contributed by atoms with Crippen LogP contribution in [-0.2, 0) is 6.42 Å². The molecule has 0 atom stereocenters. The summed E-state index contributed by atoms with van der Waals surface area (Å²) < 4.78 is 18.0. The molecule has 2 fully saturated rings. The predicted molar refractivity (Wildman–Crippen MR) is 157 cm³/mol. The summed E-state index contributed by atoms with van der Waals surface area (Å²) in [5, 5.41) is 6.13. The number of aromatic nitrogens is 1. The quantitative estimate of drug-likeness (QED) is 0.273. The molecule has 0 amide bonds. The minimum atomic E-state index is -0.291. The Bertz CT molecular complexity index is 1610. The Morgan fingerprint density at radius 1 is 1.05 bits per heavy atom. The summed E-state index contributed by atoms with van der Waals surface area (Å²) in [7, 11) is 0. The van der Waals surface area contributed by atoms with Crippen molar-refractivity contribution in [2.45, 2.75) is 52.4 Å². The van der Waals surface area contributed by atoms with Gasteiger partial charge < -0.3 is 14.8 Å². The standard InChI is InChI=1S/C31H30FN3O.C2H6/c1-19(33-17-20-9-10-20)26-18-35-28-15-22-8-4-3-7-21(22)13-23(28)14-24-29(35)25(31(26)36)16-27(32)30(24)34-11-5-2-6-12-34;1-2/h3-4,7-8,13,15-16,18,20,33H,1-2,5-6,9-12,14,17H2;1-2H3. The maximum absolute atomic E-state index is 15.9. The molecule has 0 bridgehead atoms. The first kappa shape index (κ1) is 24.7. The van der Waals surface area contributed by atoms with Gasteiger partial charge in [-0.15, -0.1) is 0 Å². The van der Waals surface area contributed by atoms with Gasteiger partial charge in [0.1, 0.15) is 5.82 Å². The van der Waals surface area contributed by atoms with Gasteiger partial charge in [0.05, 0.1) is 22.2 Å². The number of anilines is 1. The van der Waals surface area contributed by atoms with Crippen molar-refractivity contribution < 1.29 is 4.39 Å². The van der Waals surface area contributed by atoms with Gasteiger partial charge in [-0.2, -0.15) is 0 Å². The van der Waals surface area contributed by atoms with Crippen LogP contribution in [0.25, 0.3) is 33.1 Å². The van der Waals surface area contributed by atoms with E-state index in [2.05, 4.69) is 51.7 Å². The molecule has 38 heavy (non-hydrogen) atoms. The monoisotopic (exact) mass is 509 g/mol. The highest BCUT2D eigenvalue weighted by molar-refractivity contribution is 5.95. The molecule has 1 N–H and O–H groups in total. The van der Waals surface area contributed by atoms with Gasteiger partial charge in [-0.25, -0.2) is 4.39 Å². The van der Waals surface area contributed by atoms with Crippen LogP contribution in [0.2, 0.25) is 0 Å². The molecule has 1 aliphatic carbocycles. The molecular weight excluding hydrogens is 473 g/mol. The second-order valence-electron chi connectivity index (χ2n) is 10.7. The summed E-state index contributed by atoms with van der Waals surface area (Å²) in [4.78, 5) is 15.9. The lowest BCUT2D eigenvalue weighted by atomic mass is 9.90. The molecule has 0 unspecified atom stereocenters. The smallest absolute Gasteiger partial charge is 0.198 e. The number of nitrogens with one attached hydrogen (secondary N) is 1. The second-order valence-corrected chi connectivity index (χ2v) is 10.7. The first-order valence-electron chi connectivity index (χ1n) is 14.2. The third-order valence-corrected chi connectivity index (χ3v) is 8.18. The van der Waals surface area contributed by atoms with Crippen molar-refractivity contribution in [1.29, 1.82) is 0 Å². The van der Waals surface area contributed by atoms with Gasteiger partial charge in [-0.1, -0.05) is 44.7 Å². The first-order chi connectivity index (χ1) is 18.6. The molecule has 0 radical (unpaired) electrons. The number of pyridine rings is 1. The van der Waals surface area contributed by atoms with E-state index in [9.17, 15) is 4.79 Å². The van der Waals surface area contributed by atoms with Crippen LogP contribution < -0.4 is 15.6 Å². The van der Waals surface area contributed by atoms with E-state index >= 15 is 4.39 Å². The minimum Gasteiger partial charge on any atom is -0.385 e. The number of hydrogen-bond donors (Lipinski definition) is 1. The Morgan fingerprint density at radius 2 is 1.76 bits per heavy atom. The molecule has 1 aromatic heterocycles. The fourth-order valence-corrected chi connectivity index (χ4v) is 6.08. The predicted octanol–water partition coefficient (Wildman–Crippen LogP) is 7.17. The van der Waals surface area contributed by atoms with Gasteiger partial charge in [-0.05, 0) is 72.6 Å². The third-order valence-electron chi connectivity index (χ3n) is 8.18. The van der Waals surface area contributed by atoms with Crippen LogP contribution in [0, 0.1) is 11.7 Å². The van der Waals surface area contributed by atoms with Crippen LogP contribution >= 0.6 is 0 Å². The van der Waals surface area contributed by atoms with E-state index in [4.69, 9.17) is 0 Å². The van der Waals surface area contributed by atoms with Gasteiger partial charge in [0.2, 0.25) is 0 Å². The van der Waals surface area contributed by atoms with E-state index in [0.29, 0.717) is 34.7 Å². The average molecular weight is 510 g/mol. The van der Waals surface area contributed by atoms with Crippen LogP contribution in [-0.4, -0.2) is 24.2 Å². The highest BCUT2D eigenvalue weighted by atomic mass is 19.1. The molecule has 0 spiro atoms. The van der Waals surface area contributed by atoms with Crippen molar-refractivity contribution in [1.82, 2.24) is 9.88 Å². The fourth-order valence-electron chi connectivity index (χ4n) is 6.08. The third kappa shape index (κ3) is 4.18. The van der Waals surface area contributed by atoms with E-state index < -0.39 is 0 Å². The summed E-state index contributed by atoms with van der Waals surface area (Å²) in [6, 6.07) is 14.2. The van der Waals surface area contributed by atoms with Gasteiger partial charge >= 0.3 is 0 Å². The highest BCUT2D eigenvalue weighted by Crippen LogP contribution is 2.41. The Kier molecular flexibility index (Phi) is 6.46. The van der Waals surface area contributed by atoms with E-state index in [1.807, 2.05) is 26.1 Å². The molecule has 3 aliphatic rings. The van der Waals surface area contributed by atoms with Crippen LogP contribution in [0.5, 0.6) is 0 Å². The zero-order chi connectivity index (χ0) is 26.4. The highest BCUT2D eigenvalue weighted by Gasteiger charge is 2.29. The summed E-state index contributed by atoms with van der Waals surface area (Å²) >= 11 is 0. The molecule has 5 heteroatoms.